The van der Waals surface area contributed by atoms with Crippen LogP contribution in [0.4, 0.5) is 0 Å². The van der Waals surface area contributed by atoms with E-state index in [-0.39, 0.29) is 0 Å². The Morgan fingerprint density at radius 3 is 2.53 bits per heavy atom. The molecule has 0 aromatic heterocycles. The molecule has 0 aromatic carbocycles. The standard InChI is InChI=1S/C13H20O2/c1-2-3-4-5-6-7-8-9-10-11-12-15-13-14/h7-13H,2-6H2,1H3/b8-7+,10-9+,12-11+. The molecule has 0 aromatic rings. The Labute approximate surface area is 92.3 Å². The average Bonchev–Trinajstić information content (AvgIpc) is 2.26. The van der Waals surface area contributed by atoms with Gasteiger partial charge in [0.1, 0.15) is 0 Å². The Bertz CT molecular complexity index is 215. The van der Waals surface area contributed by atoms with Crippen molar-refractivity contribution in [3.05, 3.63) is 36.6 Å². The molecule has 0 radical (unpaired) electrons. The van der Waals surface area contributed by atoms with E-state index in [1.807, 2.05) is 18.2 Å². The van der Waals surface area contributed by atoms with Crippen LogP contribution in [0.25, 0.3) is 0 Å². The second-order valence-corrected chi connectivity index (χ2v) is 3.22. The van der Waals surface area contributed by atoms with Crippen LogP contribution in [0.2, 0.25) is 0 Å². The number of hydrogen-bond donors (Lipinski definition) is 0. The first-order chi connectivity index (χ1) is 7.41. The number of rotatable bonds is 9. The number of unbranched alkanes of at least 4 members (excludes halogenated alkanes) is 4. The van der Waals surface area contributed by atoms with Gasteiger partial charge in [-0.15, -0.1) is 0 Å². The third-order valence-electron chi connectivity index (χ3n) is 1.91. The van der Waals surface area contributed by atoms with Crippen LogP contribution in [-0.2, 0) is 9.53 Å². The van der Waals surface area contributed by atoms with E-state index in [4.69, 9.17) is 0 Å². The van der Waals surface area contributed by atoms with Crippen molar-refractivity contribution in [3.63, 3.8) is 0 Å². The van der Waals surface area contributed by atoms with Gasteiger partial charge in [-0.2, -0.15) is 0 Å². The molecule has 0 aliphatic heterocycles. The van der Waals surface area contributed by atoms with Gasteiger partial charge < -0.3 is 4.74 Å². The van der Waals surface area contributed by atoms with E-state index in [9.17, 15) is 4.79 Å². The summed E-state index contributed by atoms with van der Waals surface area (Å²) in [5.41, 5.74) is 0. The summed E-state index contributed by atoms with van der Waals surface area (Å²) >= 11 is 0. The minimum atomic E-state index is 0.397. The highest BCUT2D eigenvalue weighted by molar-refractivity contribution is 5.38. The Balaban J connectivity index is 3.32. The van der Waals surface area contributed by atoms with Gasteiger partial charge in [-0.1, -0.05) is 50.5 Å². The van der Waals surface area contributed by atoms with Gasteiger partial charge in [0.2, 0.25) is 0 Å². The minimum Gasteiger partial charge on any atom is -0.437 e. The number of carbonyl (C=O) groups is 1. The van der Waals surface area contributed by atoms with E-state index in [1.54, 1.807) is 6.08 Å². The number of carbonyl (C=O) groups excluding carboxylic acids is 1. The zero-order valence-corrected chi connectivity index (χ0v) is 9.39. The van der Waals surface area contributed by atoms with Gasteiger partial charge in [-0.25, -0.2) is 0 Å². The molecule has 2 nitrogen and oxygen atoms in total. The fourth-order valence-electron chi connectivity index (χ4n) is 1.11. The first kappa shape index (κ1) is 13.7. The fraction of sp³-hybridized carbons (Fsp3) is 0.462. The van der Waals surface area contributed by atoms with Gasteiger partial charge in [0.05, 0.1) is 6.26 Å². The van der Waals surface area contributed by atoms with Crippen LogP contribution in [-0.4, -0.2) is 6.47 Å². The van der Waals surface area contributed by atoms with E-state index >= 15 is 0 Å². The normalized spacial score (nSPS) is 11.8. The van der Waals surface area contributed by atoms with Gasteiger partial charge >= 0.3 is 0 Å². The molecule has 0 saturated carbocycles. The van der Waals surface area contributed by atoms with Crippen LogP contribution >= 0.6 is 0 Å². The molecule has 0 fully saturated rings. The lowest BCUT2D eigenvalue weighted by molar-refractivity contribution is -0.123. The molecule has 0 unspecified atom stereocenters. The Morgan fingerprint density at radius 1 is 1.00 bits per heavy atom. The summed E-state index contributed by atoms with van der Waals surface area (Å²) in [5, 5.41) is 0. The lowest BCUT2D eigenvalue weighted by Gasteiger charge is -1.92. The molecule has 0 N–H and O–H groups in total. The van der Waals surface area contributed by atoms with Crippen molar-refractivity contribution in [2.75, 3.05) is 0 Å². The maximum absolute atomic E-state index is 9.75. The molecule has 0 atom stereocenters. The quantitative estimate of drug-likeness (QED) is 0.249. The molecule has 15 heavy (non-hydrogen) atoms. The van der Waals surface area contributed by atoms with Crippen LogP contribution in [0.15, 0.2) is 36.6 Å². The highest BCUT2D eigenvalue weighted by Crippen LogP contribution is 2.02. The van der Waals surface area contributed by atoms with Gasteiger partial charge in [0, 0.05) is 0 Å². The third kappa shape index (κ3) is 12.7. The molecule has 0 bridgehead atoms. The monoisotopic (exact) mass is 208 g/mol. The average molecular weight is 208 g/mol. The first-order valence-corrected chi connectivity index (χ1v) is 5.49. The Kier molecular flexibility index (Phi) is 11.6. The van der Waals surface area contributed by atoms with Crippen molar-refractivity contribution >= 4 is 6.47 Å². The minimum absolute atomic E-state index is 0.397. The van der Waals surface area contributed by atoms with Gasteiger partial charge in [0.25, 0.3) is 6.47 Å². The second-order valence-electron chi connectivity index (χ2n) is 3.22. The number of hydrogen-bond acceptors (Lipinski definition) is 2. The molecule has 84 valence electrons. The molecule has 0 aliphatic rings. The summed E-state index contributed by atoms with van der Waals surface area (Å²) in [7, 11) is 0. The Morgan fingerprint density at radius 2 is 1.80 bits per heavy atom. The maximum atomic E-state index is 9.75. The van der Waals surface area contributed by atoms with E-state index in [1.165, 1.54) is 31.9 Å². The lowest BCUT2D eigenvalue weighted by atomic mass is 10.1. The second kappa shape index (κ2) is 12.7. The third-order valence-corrected chi connectivity index (χ3v) is 1.91. The summed E-state index contributed by atoms with van der Waals surface area (Å²) in [6.07, 6.45) is 17.3. The summed E-state index contributed by atoms with van der Waals surface area (Å²) in [4.78, 5) is 9.75. The molecule has 0 heterocycles. The van der Waals surface area contributed by atoms with Crippen molar-refractivity contribution in [3.8, 4) is 0 Å². The van der Waals surface area contributed by atoms with E-state index < -0.39 is 0 Å². The van der Waals surface area contributed by atoms with Crippen LogP contribution in [0, 0.1) is 0 Å². The zero-order valence-electron chi connectivity index (χ0n) is 9.39. The topological polar surface area (TPSA) is 26.3 Å². The number of ether oxygens (including phenoxy) is 1. The first-order valence-electron chi connectivity index (χ1n) is 5.49. The van der Waals surface area contributed by atoms with Crippen LogP contribution in [0.3, 0.4) is 0 Å². The number of allylic oxidation sites excluding steroid dienone is 5. The van der Waals surface area contributed by atoms with Crippen LogP contribution in [0.5, 0.6) is 0 Å². The smallest absolute Gasteiger partial charge is 0.297 e. The van der Waals surface area contributed by atoms with E-state index in [0.29, 0.717) is 6.47 Å². The van der Waals surface area contributed by atoms with Crippen LogP contribution < -0.4 is 0 Å². The van der Waals surface area contributed by atoms with Gasteiger partial charge in [-0.3, -0.25) is 4.79 Å². The highest BCUT2D eigenvalue weighted by Gasteiger charge is 1.82. The van der Waals surface area contributed by atoms with Crippen LogP contribution in [0.1, 0.15) is 39.0 Å². The van der Waals surface area contributed by atoms with Crippen molar-refractivity contribution < 1.29 is 9.53 Å². The van der Waals surface area contributed by atoms with Crippen molar-refractivity contribution in [1.82, 2.24) is 0 Å². The molecule has 0 amide bonds. The summed E-state index contributed by atoms with van der Waals surface area (Å²) < 4.78 is 4.37. The SMILES string of the molecule is CCCCCC/C=C/C=C/C=C/OC=O. The summed E-state index contributed by atoms with van der Waals surface area (Å²) in [6.45, 7) is 2.61. The summed E-state index contributed by atoms with van der Waals surface area (Å²) in [5.74, 6) is 0. The van der Waals surface area contributed by atoms with Crippen molar-refractivity contribution in [1.29, 1.82) is 0 Å². The maximum Gasteiger partial charge on any atom is 0.297 e. The molecule has 0 aliphatic carbocycles. The van der Waals surface area contributed by atoms with E-state index in [0.717, 1.165) is 6.42 Å². The van der Waals surface area contributed by atoms with Crippen molar-refractivity contribution in [2.45, 2.75) is 39.0 Å². The summed E-state index contributed by atoms with van der Waals surface area (Å²) in [6, 6.07) is 0. The predicted octanol–water partition coefficient (Wildman–Crippen LogP) is 3.76. The largest absolute Gasteiger partial charge is 0.437 e. The molecule has 0 spiro atoms. The predicted molar refractivity (Wildman–Crippen MR) is 63.3 cm³/mol. The molecular formula is C13H20O2. The lowest BCUT2D eigenvalue weighted by Crippen LogP contribution is -1.73. The fourth-order valence-corrected chi connectivity index (χ4v) is 1.11. The van der Waals surface area contributed by atoms with Crippen molar-refractivity contribution in [2.24, 2.45) is 0 Å². The molecule has 0 rings (SSSR count). The zero-order chi connectivity index (χ0) is 11.2. The highest BCUT2D eigenvalue weighted by atomic mass is 16.5. The van der Waals surface area contributed by atoms with Gasteiger partial charge in [0.15, 0.2) is 0 Å². The molecule has 2 heteroatoms. The van der Waals surface area contributed by atoms with E-state index in [2.05, 4.69) is 17.7 Å². The molecular weight excluding hydrogens is 188 g/mol. The molecule has 0 saturated heterocycles. The Hall–Kier alpha value is -1.31. The van der Waals surface area contributed by atoms with Gasteiger partial charge in [-0.05, 0) is 18.9 Å².